The lowest BCUT2D eigenvalue weighted by atomic mass is 9.86. The summed E-state index contributed by atoms with van der Waals surface area (Å²) in [4.78, 5) is 23.7. The molecule has 1 aromatic carbocycles. The summed E-state index contributed by atoms with van der Waals surface area (Å²) >= 11 is 5.85. The van der Waals surface area contributed by atoms with Crippen molar-refractivity contribution in [3.8, 4) is 0 Å². The van der Waals surface area contributed by atoms with Gasteiger partial charge in [-0.05, 0) is 37.6 Å². The van der Waals surface area contributed by atoms with E-state index >= 15 is 0 Å². The molecule has 0 aliphatic heterocycles. The maximum Gasteiger partial charge on any atom is 0.317 e. The second kappa shape index (κ2) is 7.69. The van der Waals surface area contributed by atoms with Crippen LogP contribution in [0.2, 0.25) is 5.02 Å². The van der Waals surface area contributed by atoms with Gasteiger partial charge in [0.2, 0.25) is 15.9 Å². The molecule has 1 aliphatic carbocycles. The van der Waals surface area contributed by atoms with Crippen LogP contribution in [0, 0.1) is 0 Å². The van der Waals surface area contributed by atoms with Crippen molar-refractivity contribution in [2.45, 2.75) is 36.7 Å². The Labute approximate surface area is 151 Å². The number of primary amides is 1. The number of hydrogen-bond donors (Lipinski definition) is 3. The smallest absolute Gasteiger partial charge is 0.317 e. The van der Waals surface area contributed by atoms with E-state index in [1.807, 2.05) is 6.92 Å². The standard InChI is InChI=1S/C15H20ClN3O5S/c1-2-19(8-14(20)21)12-6-11(7-12)18-25(23,24)13-4-9(15(17)22)3-10(16)5-13/h3-5,11-12,18H,2,6-8H2,1H3,(H2,17,22)(H,20,21). The maximum absolute atomic E-state index is 12.5. The van der Waals surface area contributed by atoms with Crippen molar-refractivity contribution in [1.82, 2.24) is 9.62 Å². The minimum absolute atomic E-state index is 0.0120. The summed E-state index contributed by atoms with van der Waals surface area (Å²) in [6.45, 7) is 2.36. The van der Waals surface area contributed by atoms with Gasteiger partial charge >= 0.3 is 5.97 Å². The summed E-state index contributed by atoms with van der Waals surface area (Å²) in [5.74, 6) is -1.68. The third-order valence-corrected chi connectivity index (χ3v) is 5.88. The number of hydrogen-bond acceptors (Lipinski definition) is 5. The van der Waals surface area contributed by atoms with Gasteiger partial charge in [-0.1, -0.05) is 18.5 Å². The maximum atomic E-state index is 12.5. The molecule has 1 saturated carbocycles. The zero-order chi connectivity index (χ0) is 18.8. The number of aliphatic carboxylic acids is 1. The highest BCUT2D eigenvalue weighted by molar-refractivity contribution is 7.89. The summed E-state index contributed by atoms with van der Waals surface area (Å²) in [6.07, 6.45) is 1.03. The topological polar surface area (TPSA) is 130 Å². The Hall–Kier alpha value is -1.68. The van der Waals surface area contributed by atoms with Crippen molar-refractivity contribution in [3.05, 3.63) is 28.8 Å². The van der Waals surface area contributed by atoms with E-state index in [2.05, 4.69) is 4.72 Å². The molecule has 0 radical (unpaired) electrons. The lowest BCUT2D eigenvalue weighted by molar-refractivity contribution is -0.139. The SMILES string of the molecule is CCN(CC(=O)O)C1CC(NS(=O)(=O)c2cc(Cl)cc(C(N)=O)c2)C1. The molecule has 0 atom stereocenters. The number of benzene rings is 1. The van der Waals surface area contributed by atoms with Crippen molar-refractivity contribution < 1.29 is 23.1 Å². The first-order valence-electron chi connectivity index (χ1n) is 7.71. The Morgan fingerprint density at radius 3 is 2.52 bits per heavy atom. The van der Waals surface area contributed by atoms with Gasteiger partial charge in [0.05, 0.1) is 11.4 Å². The molecule has 4 N–H and O–H groups in total. The van der Waals surface area contributed by atoms with Gasteiger partial charge in [-0.2, -0.15) is 0 Å². The summed E-state index contributed by atoms with van der Waals surface area (Å²) in [7, 11) is -3.85. The van der Waals surface area contributed by atoms with Crippen LogP contribution in [-0.4, -0.2) is 55.5 Å². The fourth-order valence-electron chi connectivity index (χ4n) is 2.80. The van der Waals surface area contributed by atoms with Crippen LogP contribution in [0.3, 0.4) is 0 Å². The monoisotopic (exact) mass is 389 g/mol. The van der Waals surface area contributed by atoms with E-state index in [9.17, 15) is 18.0 Å². The van der Waals surface area contributed by atoms with E-state index in [0.29, 0.717) is 19.4 Å². The van der Waals surface area contributed by atoms with E-state index < -0.39 is 21.9 Å². The van der Waals surface area contributed by atoms with Crippen LogP contribution in [0.15, 0.2) is 23.1 Å². The number of sulfonamides is 1. The first kappa shape index (κ1) is 19.6. The Morgan fingerprint density at radius 2 is 2.00 bits per heavy atom. The molecular formula is C15H20ClN3O5S. The average molecular weight is 390 g/mol. The zero-order valence-electron chi connectivity index (χ0n) is 13.6. The number of carboxylic acid groups (broad SMARTS) is 1. The number of amides is 1. The van der Waals surface area contributed by atoms with Crippen LogP contribution < -0.4 is 10.5 Å². The Morgan fingerprint density at radius 1 is 1.36 bits per heavy atom. The highest BCUT2D eigenvalue weighted by Crippen LogP contribution is 2.28. The molecule has 10 heteroatoms. The molecule has 0 saturated heterocycles. The first-order chi connectivity index (χ1) is 11.6. The first-order valence-corrected chi connectivity index (χ1v) is 9.57. The summed E-state index contributed by atoms with van der Waals surface area (Å²) in [6, 6.07) is 3.45. The van der Waals surface area contributed by atoms with Crippen LogP contribution in [0.5, 0.6) is 0 Å². The van der Waals surface area contributed by atoms with E-state index in [1.54, 1.807) is 4.90 Å². The Balaban J connectivity index is 2.04. The molecule has 0 spiro atoms. The number of carboxylic acids is 1. The van der Waals surface area contributed by atoms with Gasteiger partial charge in [0, 0.05) is 22.7 Å². The molecule has 25 heavy (non-hydrogen) atoms. The predicted octanol–water partition coefficient (Wildman–Crippen LogP) is 0.655. The molecule has 1 fully saturated rings. The Bertz CT molecular complexity index is 777. The minimum atomic E-state index is -3.85. The average Bonchev–Trinajstić information content (AvgIpc) is 2.47. The minimum Gasteiger partial charge on any atom is -0.480 e. The molecule has 0 bridgehead atoms. The van der Waals surface area contributed by atoms with E-state index in [0.717, 1.165) is 0 Å². The van der Waals surface area contributed by atoms with Gasteiger partial charge in [-0.15, -0.1) is 0 Å². The van der Waals surface area contributed by atoms with Crippen molar-refractivity contribution in [3.63, 3.8) is 0 Å². The molecule has 1 aliphatic rings. The van der Waals surface area contributed by atoms with Gasteiger partial charge in [-0.25, -0.2) is 13.1 Å². The zero-order valence-corrected chi connectivity index (χ0v) is 15.2. The molecule has 0 heterocycles. The van der Waals surface area contributed by atoms with Crippen molar-refractivity contribution in [1.29, 1.82) is 0 Å². The molecule has 1 aromatic rings. The largest absolute Gasteiger partial charge is 0.480 e. The molecule has 8 nitrogen and oxygen atoms in total. The number of rotatable bonds is 8. The van der Waals surface area contributed by atoms with Crippen LogP contribution >= 0.6 is 11.6 Å². The van der Waals surface area contributed by atoms with Crippen LogP contribution in [0.4, 0.5) is 0 Å². The van der Waals surface area contributed by atoms with Crippen molar-refractivity contribution >= 4 is 33.5 Å². The fraction of sp³-hybridized carbons (Fsp3) is 0.467. The highest BCUT2D eigenvalue weighted by Gasteiger charge is 2.36. The molecular weight excluding hydrogens is 370 g/mol. The van der Waals surface area contributed by atoms with Gasteiger partial charge in [0.15, 0.2) is 0 Å². The molecule has 2 rings (SSSR count). The summed E-state index contributed by atoms with van der Waals surface area (Å²) < 4.78 is 27.5. The number of carbonyl (C=O) groups is 2. The highest BCUT2D eigenvalue weighted by atomic mass is 35.5. The number of likely N-dealkylation sites (N-methyl/N-ethyl adjacent to an activating group) is 1. The number of halogens is 1. The Kier molecular flexibility index (Phi) is 6.04. The lowest BCUT2D eigenvalue weighted by Crippen LogP contribution is -2.54. The number of carbonyl (C=O) groups excluding carboxylic acids is 1. The summed E-state index contributed by atoms with van der Waals surface area (Å²) in [5, 5.41) is 8.98. The van der Waals surface area contributed by atoms with Crippen molar-refractivity contribution in [2.75, 3.05) is 13.1 Å². The van der Waals surface area contributed by atoms with Crippen LogP contribution in [-0.2, 0) is 14.8 Å². The second-order valence-corrected chi connectivity index (χ2v) is 8.09. The third-order valence-electron chi connectivity index (χ3n) is 4.16. The van der Waals surface area contributed by atoms with Gasteiger partial charge in [-0.3, -0.25) is 14.5 Å². The van der Waals surface area contributed by atoms with Crippen LogP contribution in [0.25, 0.3) is 0 Å². The second-order valence-electron chi connectivity index (χ2n) is 5.94. The quantitative estimate of drug-likeness (QED) is 0.598. The molecule has 0 aromatic heterocycles. The van der Waals surface area contributed by atoms with Gasteiger partial charge in [0.25, 0.3) is 0 Å². The normalized spacial score (nSPS) is 20.3. The third kappa shape index (κ3) is 4.91. The van der Waals surface area contributed by atoms with Gasteiger partial charge < -0.3 is 10.8 Å². The number of nitrogens with zero attached hydrogens (tertiary/aromatic N) is 1. The van der Waals surface area contributed by atoms with E-state index in [4.69, 9.17) is 22.4 Å². The van der Waals surface area contributed by atoms with Crippen LogP contribution in [0.1, 0.15) is 30.1 Å². The predicted molar refractivity (Wildman–Crippen MR) is 92.0 cm³/mol. The molecule has 138 valence electrons. The molecule has 0 unspecified atom stereocenters. The van der Waals surface area contributed by atoms with Crippen molar-refractivity contribution in [2.24, 2.45) is 5.73 Å². The van der Waals surface area contributed by atoms with E-state index in [1.165, 1.54) is 18.2 Å². The number of nitrogens with two attached hydrogens (primary N) is 1. The fourth-order valence-corrected chi connectivity index (χ4v) is 4.43. The lowest BCUT2D eigenvalue weighted by Gasteiger charge is -2.42. The number of nitrogens with one attached hydrogen (secondary N) is 1. The molecule has 1 amide bonds. The summed E-state index contributed by atoms with van der Waals surface area (Å²) in [5.41, 5.74) is 5.19. The van der Waals surface area contributed by atoms with Gasteiger partial charge in [0.1, 0.15) is 0 Å². The van der Waals surface area contributed by atoms with E-state index in [-0.39, 0.29) is 34.1 Å².